The van der Waals surface area contributed by atoms with E-state index in [1.807, 2.05) is 33.8 Å². The van der Waals surface area contributed by atoms with Crippen LogP contribution in [0.1, 0.15) is 50.7 Å². The van der Waals surface area contributed by atoms with Crippen LogP contribution in [0.4, 0.5) is 9.59 Å². The molecule has 0 aliphatic heterocycles. The van der Waals surface area contributed by atoms with Gasteiger partial charge >= 0.3 is 0 Å². The minimum Gasteiger partial charge on any atom is -0.489 e. The van der Waals surface area contributed by atoms with Gasteiger partial charge in [0.25, 0.3) is 26.3 Å². The molecule has 1 rings (SSSR count). The molecule has 0 aliphatic carbocycles. The summed E-state index contributed by atoms with van der Waals surface area (Å²) in [5, 5.41) is 18.0. The summed E-state index contributed by atoms with van der Waals surface area (Å²) in [5.74, 6) is -1.38. The molecule has 0 saturated carbocycles. The van der Waals surface area contributed by atoms with Crippen molar-refractivity contribution in [2.75, 3.05) is 0 Å². The molecule has 0 bridgehead atoms. The number of rotatable bonds is 6. The van der Waals surface area contributed by atoms with Crippen molar-refractivity contribution in [2.24, 2.45) is 0 Å². The molecule has 0 saturated heterocycles. The molecule has 1 aromatic carbocycles. The Hall–Kier alpha value is -1.71. The lowest BCUT2D eigenvalue weighted by Crippen LogP contribution is -2.35. The summed E-state index contributed by atoms with van der Waals surface area (Å²) in [6.45, 7) is 8.06. The standard InChI is InChI=1S/C14H20B2O4/c1-7(2)9-5-10(8(3)4)12(16-14(19)20)6-11(9)15-13(17)18/h5-8,15-16H,1-4H3,(H,17,18)(H,19,20). The van der Waals surface area contributed by atoms with Gasteiger partial charge in [-0.15, -0.1) is 0 Å². The van der Waals surface area contributed by atoms with Crippen molar-refractivity contribution in [3.8, 4) is 0 Å². The van der Waals surface area contributed by atoms with Crippen LogP contribution in [0, 0.1) is 0 Å². The van der Waals surface area contributed by atoms with E-state index in [2.05, 4.69) is 0 Å². The van der Waals surface area contributed by atoms with Crippen LogP contribution < -0.4 is 10.9 Å². The van der Waals surface area contributed by atoms with Gasteiger partial charge in [-0.25, -0.2) is 0 Å². The average molecular weight is 274 g/mol. The monoisotopic (exact) mass is 274 g/mol. The van der Waals surface area contributed by atoms with E-state index in [1.165, 1.54) is 0 Å². The Morgan fingerprint density at radius 1 is 0.850 bits per heavy atom. The van der Waals surface area contributed by atoms with Crippen molar-refractivity contribution in [2.45, 2.75) is 39.5 Å². The normalized spacial score (nSPS) is 10.7. The Bertz CT molecular complexity index is 481. The highest BCUT2D eigenvalue weighted by molar-refractivity contribution is 6.85. The number of hydrogen-bond acceptors (Lipinski definition) is 2. The van der Waals surface area contributed by atoms with Crippen molar-refractivity contribution in [1.82, 2.24) is 0 Å². The summed E-state index contributed by atoms with van der Waals surface area (Å²) in [5.41, 5.74) is 3.41. The molecule has 1 aromatic rings. The van der Waals surface area contributed by atoms with E-state index in [0.717, 1.165) is 11.1 Å². The zero-order valence-electron chi connectivity index (χ0n) is 12.4. The van der Waals surface area contributed by atoms with Crippen molar-refractivity contribution in [3.63, 3.8) is 0 Å². The molecule has 20 heavy (non-hydrogen) atoms. The molecular formula is C14H20B2O4. The summed E-state index contributed by atoms with van der Waals surface area (Å²) in [6, 6.07) is 3.73. The van der Waals surface area contributed by atoms with Crippen molar-refractivity contribution >= 4 is 37.2 Å². The Morgan fingerprint density at radius 3 is 1.45 bits per heavy atom. The molecule has 0 amide bonds. The van der Waals surface area contributed by atoms with E-state index < -0.39 is 11.7 Å². The molecular weight excluding hydrogens is 254 g/mol. The first kappa shape index (κ1) is 16.3. The largest absolute Gasteiger partial charge is 0.489 e. The highest BCUT2D eigenvalue weighted by atomic mass is 16.4. The predicted molar refractivity (Wildman–Crippen MR) is 84.2 cm³/mol. The fraction of sp³-hybridized carbons (Fsp3) is 0.429. The van der Waals surface area contributed by atoms with Gasteiger partial charge in [0.1, 0.15) is 0 Å². The van der Waals surface area contributed by atoms with Crippen LogP contribution in [0.5, 0.6) is 0 Å². The summed E-state index contributed by atoms with van der Waals surface area (Å²) < 4.78 is 0. The number of carboxylic acid groups (broad SMARTS) is 2. The van der Waals surface area contributed by atoms with Gasteiger partial charge in [0.2, 0.25) is 0 Å². The second-order valence-corrected chi connectivity index (χ2v) is 5.70. The van der Waals surface area contributed by atoms with Gasteiger partial charge in [-0.05, 0) is 11.8 Å². The quantitative estimate of drug-likeness (QED) is 0.769. The van der Waals surface area contributed by atoms with Crippen molar-refractivity contribution in [3.05, 3.63) is 23.3 Å². The fourth-order valence-electron chi connectivity index (χ4n) is 2.44. The smallest absolute Gasteiger partial charge is 0.293 e. The maximum atomic E-state index is 11.0. The predicted octanol–water partition coefficient (Wildman–Crippen LogP) is 1.41. The molecule has 0 heterocycles. The van der Waals surface area contributed by atoms with Crippen molar-refractivity contribution in [1.29, 1.82) is 0 Å². The second-order valence-electron chi connectivity index (χ2n) is 5.70. The molecule has 6 heteroatoms. The molecule has 0 spiro atoms. The third kappa shape index (κ3) is 4.15. The Kier molecular flexibility index (Phi) is 5.42. The van der Waals surface area contributed by atoms with Crippen LogP contribution in [-0.2, 0) is 0 Å². The van der Waals surface area contributed by atoms with E-state index in [0.29, 0.717) is 10.9 Å². The van der Waals surface area contributed by atoms with Crippen LogP contribution in [0.3, 0.4) is 0 Å². The average Bonchev–Trinajstić information content (AvgIpc) is 2.26. The maximum Gasteiger partial charge on any atom is 0.293 e. The van der Waals surface area contributed by atoms with E-state index in [4.69, 9.17) is 10.2 Å². The Balaban J connectivity index is 3.42. The zero-order valence-corrected chi connectivity index (χ0v) is 12.4. The van der Waals surface area contributed by atoms with Crippen LogP contribution >= 0.6 is 0 Å². The fourth-order valence-corrected chi connectivity index (χ4v) is 2.44. The van der Waals surface area contributed by atoms with E-state index >= 15 is 0 Å². The van der Waals surface area contributed by atoms with Gasteiger partial charge < -0.3 is 10.2 Å². The molecule has 0 aliphatic rings. The molecule has 0 unspecified atom stereocenters. The SMILES string of the molecule is CC(C)c1cc(C(C)C)c(BC(=O)O)cc1BC(=O)O. The maximum absolute atomic E-state index is 11.0. The van der Waals surface area contributed by atoms with Gasteiger partial charge in [-0.3, -0.25) is 9.59 Å². The molecule has 0 aromatic heterocycles. The third-order valence-corrected chi connectivity index (χ3v) is 3.33. The summed E-state index contributed by atoms with van der Waals surface area (Å²) in [6.07, 6.45) is 0. The molecule has 4 nitrogen and oxygen atoms in total. The Morgan fingerprint density at radius 2 is 1.20 bits per heavy atom. The van der Waals surface area contributed by atoms with Crippen LogP contribution in [0.25, 0.3) is 0 Å². The van der Waals surface area contributed by atoms with Gasteiger partial charge in [-0.1, -0.05) is 61.9 Å². The van der Waals surface area contributed by atoms with Gasteiger partial charge in [0, 0.05) is 0 Å². The minimum absolute atomic E-state index is 0.0709. The van der Waals surface area contributed by atoms with Crippen LogP contribution in [0.2, 0.25) is 0 Å². The lowest BCUT2D eigenvalue weighted by Gasteiger charge is -2.19. The van der Waals surface area contributed by atoms with Crippen LogP contribution in [-0.4, -0.2) is 36.5 Å². The molecule has 0 atom stereocenters. The number of hydrogen-bond donors (Lipinski definition) is 2. The lowest BCUT2D eigenvalue weighted by molar-refractivity contribution is 0.219. The van der Waals surface area contributed by atoms with Crippen molar-refractivity contribution < 1.29 is 19.8 Å². The molecule has 0 fully saturated rings. The first-order chi connectivity index (χ1) is 9.22. The highest BCUT2D eigenvalue weighted by Gasteiger charge is 2.19. The molecule has 2 N–H and O–H groups in total. The summed E-state index contributed by atoms with van der Waals surface area (Å²) >= 11 is 0. The highest BCUT2D eigenvalue weighted by Crippen LogP contribution is 2.18. The van der Waals surface area contributed by atoms with Crippen LogP contribution in [0.15, 0.2) is 12.1 Å². The zero-order chi connectivity index (χ0) is 15.4. The third-order valence-electron chi connectivity index (χ3n) is 3.33. The van der Waals surface area contributed by atoms with E-state index in [9.17, 15) is 9.59 Å². The second kappa shape index (κ2) is 6.64. The first-order valence-electron chi connectivity index (χ1n) is 6.81. The summed E-state index contributed by atoms with van der Waals surface area (Å²) in [7, 11) is -0.142. The molecule has 0 radical (unpaired) electrons. The van der Waals surface area contributed by atoms with E-state index in [-0.39, 0.29) is 26.4 Å². The Labute approximate surface area is 120 Å². The minimum atomic E-state index is -0.898. The first-order valence-corrected chi connectivity index (χ1v) is 6.81. The molecule has 106 valence electrons. The summed E-state index contributed by atoms with van der Waals surface area (Å²) in [4.78, 5) is 22.0. The number of benzene rings is 1. The lowest BCUT2D eigenvalue weighted by atomic mass is 9.60. The van der Waals surface area contributed by atoms with Gasteiger partial charge in [0.05, 0.1) is 0 Å². The topological polar surface area (TPSA) is 74.6 Å². The van der Waals surface area contributed by atoms with Gasteiger partial charge in [-0.2, -0.15) is 0 Å². The van der Waals surface area contributed by atoms with Gasteiger partial charge in [0.15, 0.2) is 0 Å². The number of carbonyl (C=O) groups is 2. The van der Waals surface area contributed by atoms with E-state index in [1.54, 1.807) is 6.07 Å².